The summed E-state index contributed by atoms with van der Waals surface area (Å²) < 4.78 is 5.33. The summed E-state index contributed by atoms with van der Waals surface area (Å²) in [6.45, 7) is 8.98. The van der Waals surface area contributed by atoms with Gasteiger partial charge in [0, 0.05) is 24.5 Å². The number of ether oxygens (including phenoxy) is 1. The minimum absolute atomic E-state index is 0.0449. The third-order valence-corrected chi connectivity index (χ3v) is 3.13. The Balaban J connectivity index is 2.39. The van der Waals surface area contributed by atoms with Crippen LogP contribution in [0, 0.1) is 0 Å². The third-order valence-electron chi connectivity index (χ3n) is 3.13. The molecule has 2 N–H and O–H groups in total. The highest BCUT2D eigenvalue weighted by Crippen LogP contribution is 2.18. The molecule has 1 atom stereocenters. The summed E-state index contributed by atoms with van der Waals surface area (Å²) >= 11 is 0. The number of carbonyl (C=O) groups excluding carboxylic acids is 1. The highest BCUT2D eigenvalue weighted by atomic mass is 16.5. The standard InChI is InChI=1S/C17H28N2O2/c1-13(12-14-8-6-7-9-15(14)21-5)19-16(20)10-11-18-17(2,3)4/h6-9,13,18H,10-12H2,1-5H3,(H,19,20). The number of para-hydroxylation sites is 1. The molecule has 0 bridgehead atoms. The van der Waals surface area contributed by atoms with E-state index in [1.54, 1.807) is 7.11 Å². The van der Waals surface area contributed by atoms with Crippen LogP contribution in [0.2, 0.25) is 0 Å². The summed E-state index contributed by atoms with van der Waals surface area (Å²) in [5.74, 6) is 0.946. The molecule has 0 radical (unpaired) electrons. The molecule has 0 aliphatic carbocycles. The maximum Gasteiger partial charge on any atom is 0.221 e. The highest BCUT2D eigenvalue weighted by Gasteiger charge is 2.12. The molecule has 1 amide bonds. The number of methoxy groups -OCH3 is 1. The molecule has 0 aliphatic heterocycles. The summed E-state index contributed by atoms with van der Waals surface area (Å²) in [6.07, 6.45) is 1.26. The van der Waals surface area contributed by atoms with E-state index in [4.69, 9.17) is 4.74 Å². The fourth-order valence-corrected chi connectivity index (χ4v) is 2.15. The maximum absolute atomic E-state index is 11.9. The second kappa shape index (κ2) is 8.03. The van der Waals surface area contributed by atoms with Gasteiger partial charge in [0.25, 0.3) is 0 Å². The van der Waals surface area contributed by atoms with Crippen LogP contribution in [0.25, 0.3) is 0 Å². The lowest BCUT2D eigenvalue weighted by atomic mass is 10.1. The van der Waals surface area contributed by atoms with Gasteiger partial charge in [-0.05, 0) is 45.7 Å². The first-order valence-corrected chi connectivity index (χ1v) is 7.48. The van der Waals surface area contributed by atoms with Crippen LogP contribution in [0.1, 0.15) is 39.7 Å². The molecule has 0 heterocycles. The molecule has 1 unspecified atom stereocenters. The molecular formula is C17H28N2O2. The average molecular weight is 292 g/mol. The van der Waals surface area contributed by atoms with E-state index < -0.39 is 0 Å². The first-order chi connectivity index (χ1) is 9.81. The van der Waals surface area contributed by atoms with Gasteiger partial charge in [-0.1, -0.05) is 18.2 Å². The number of carbonyl (C=O) groups is 1. The van der Waals surface area contributed by atoms with Gasteiger partial charge in [0.15, 0.2) is 0 Å². The number of hydrogen-bond donors (Lipinski definition) is 2. The van der Waals surface area contributed by atoms with Crippen molar-refractivity contribution in [1.82, 2.24) is 10.6 Å². The summed E-state index contributed by atoms with van der Waals surface area (Å²) in [6, 6.07) is 7.99. The second-order valence-corrected chi connectivity index (χ2v) is 6.41. The van der Waals surface area contributed by atoms with Crippen molar-refractivity contribution < 1.29 is 9.53 Å². The molecule has 1 rings (SSSR count). The number of hydrogen-bond acceptors (Lipinski definition) is 3. The molecule has 118 valence electrons. The zero-order chi connectivity index (χ0) is 15.9. The minimum atomic E-state index is 0.0449. The van der Waals surface area contributed by atoms with E-state index in [0.29, 0.717) is 13.0 Å². The number of amides is 1. The van der Waals surface area contributed by atoms with Gasteiger partial charge >= 0.3 is 0 Å². The fraction of sp³-hybridized carbons (Fsp3) is 0.588. The van der Waals surface area contributed by atoms with Crippen LogP contribution in [0.15, 0.2) is 24.3 Å². The van der Waals surface area contributed by atoms with Crippen molar-refractivity contribution >= 4 is 5.91 Å². The van der Waals surface area contributed by atoms with Crippen molar-refractivity contribution in [2.24, 2.45) is 0 Å². The Morgan fingerprint density at radius 2 is 1.95 bits per heavy atom. The van der Waals surface area contributed by atoms with Crippen LogP contribution in [-0.2, 0) is 11.2 Å². The first-order valence-electron chi connectivity index (χ1n) is 7.48. The predicted molar refractivity (Wildman–Crippen MR) is 86.7 cm³/mol. The quantitative estimate of drug-likeness (QED) is 0.812. The van der Waals surface area contributed by atoms with Crippen LogP contribution in [0.4, 0.5) is 0 Å². The molecule has 0 aromatic heterocycles. The second-order valence-electron chi connectivity index (χ2n) is 6.41. The van der Waals surface area contributed by atoms with Crippen molar-refractivity contribution in [2.45, 2.75) is 52.1 Å². The summed E-state index contributed by atoms with van der Waals surface area (Å²) in [5, 5.41) is 6.34. The largest absolute Gasteiger partial charge is 0.496 e. The van der Waals surface area contributed by atoms with Gasteiger partial charge in [-0.3, -0.25) is 4.79 Å². The molecule has 0 aliphatic rings. The Bertz CT molecular complexity index is 452. The zero-order valence-corrected chi connectivity index (χ0v) is 13.8. The van der Waals surface area contributed by atoms with Crippen LogP contribution >= 0.6 is 0 Å². The smallest absolute Gasteiger partial charge is 0.221 e. The lowest BCUT2D eigenvalue weighted by Gasteiger charge is -2.21. The Labute approximate surface area is 128 Å². The van der Waals surface area contributed by atoms with E-state index in [0.717, 1.165) is 17.7 Å². The third kappa shape index (κ3) is 7.14. The van der Waals surface area contributed by atoms with Crippen LogP contribution in [-0.4, -0.2) is 31.1 Å². The summed E-state index contributed by atoms with van der Waals surface area (Å²) in [5.41, 5.74) is 1.16. The van der Waals surface area contributed by atoms with Crippen LogP contribution < -0.4 is 15.4 Å². The molecular weight excluding hydrogens is 264 g/mol. The molecule has 0 fully saturated rings. The molecule has 0 saturated heterocycles. The van der Waals surface area contributed by atoms with Gasteiger partial charge in [0.2, 0.25) is 5.91 Å². The van der Waals surface area contributed by atoms with E-state index in [2.05, 4.69) is 31.4 Å². The van der Waals surface area contributed by atoms with Gasteiger partial charge in [0.1, 0.15) is 5.75 Å². The van der Waals surface area contributed by atoms with Crippen molar-refractivity contribution in [3.63, 3.8) is 0 Å². The maximum atomic E-state index is 11.9. The first kappa shape index (κ1) is 17.5. The van der Waals surface area contributed by atoms with E-state index in [1.165, 1.54) is 0 Å². The van der Waals surface area contributed by atoms with E-state index in [1.807, 2.05) is 31.2 Å². The molecule has 4 heteroatoms. The van der Waals surface area contributed by atoms with Gasteiger partial charge in [-0.2, -0.15) is 0 Å². The minimum Gasteiger partial charge on any atom is -0.496 e. The topological polar surface area (TPSA) is 50.4 Å². The Kier molecular flexibility index (Phi) is 6.69. The van der Waals surface area contributed by atoms with Crippen molar-refractivity contribution in [1.29, 1.82) is 0 Å². The molecule has 1 aromatic rings. The SMILES string of the molecule is COc1ccccc1CC(C)NC(=O)CCNC(C)(C)C. The zero-order valence-electron chi connectivity index (χ0n) is 13.8. The Morgan fingerprint density at radius 3 is 2.57 bits per heavy atom. The van der Waals surface area contributed by atoms with Gasteiger partial charge in [0.05, 0.1) is 7.11 Å². The van der Waals surface area contributed by atoms with Gasteiger partial charge in [-0.15, -0.1) is 0 Å². The average Bonchev–Trinajstić information content (AvgIpc) is 2.37. The van der Waals surface area contributed by atoms with Crippen LogP contribution in [0.3, 0.4) is 0 Å². The number of nitrogens with one attached hydrogen (secondary N) is 2. The lowest BCUT2D eigenvalue weighted by molar-refractivity contribution is -0.121. The van der Waals surface area contributed by atoms with Crippen molar-refractivity contribution in [3.05, 3.63) is 29.8 Å². The molecule has 0 spiro atoms. The molecule has 0 saturated carbocycles. The normalized spacial score (nSPS) is 12.8. The van der Waals surface area contributed by atoms with Gasteiger partial charge < -0.3 is 15.4 Å². The molecule has 1 aromatic carbocycles. The number of benzene rings is 1. The van der Waals surface area contributed by atoms with Crippen LogP contribution in [0.5, 0.6) is 5.75 Å². The fourth-order valence-electron chi connectivity index (χ4n) is 2.15. The Morgan fingerprint density at radius 1 is 1.29 bits per heavy atom. The Hall–Kier alpha value is -1.55. The predicted octanol–water partition coefficient (Wildman–Crippen LogP) is 2.52. The monoisotopic (exact) mass is 292 g/mol. The number of rotatable bonds is 7. The highest BCUT2D eigenvalue weighted by molar-refractivity contribution is 5.76. The van der Waals surface area contributed by atoms with E-state index >= 15 is 0 Å². The summed E-state index contributed by atoms with van der Waals surface area (Å²) in [4.78, 5) is 11.9. The van der Waals surface area contributed by atoms with E-state index in [-0.39, 0.29) is 17.5 Å². The van der Waals surface area contributed by atoms with Gasteiger partial charge in [-0.25, -0.2) is 0 Å². The summed E-state index contributed by atoms with van der Waals surface area (Å²) in [7, 11) is 1.67. The molecule has 4 nitrogen and oxygen atoms in total. The van der Waals surface area contributed by atoms with E-state index in [9.17, 15) is 4.79 Å². The van der Waals surface area contributed by atoms with Crippen molar-refractivity contribution in [2.75, 3.05) is 13.7 Å². The lowest BCUT2D eigenvalue weighted by Crippen LogP contribution is -2.40. The molecule has 21 heavy (non-hydrogen) atoms. The van der Waals surface area contributed by atoms with Crippen molar-refractivity contribution in [3.8, 4) is 5.75 Å².